The van der Waals surface area contributed by atoms with E-state index in [-0.39, 0.29) is 17.7 Å². The molecule has 0 saturated heterocycles. The van der Waals surface area contributed by atoms with Gasteiger partial charge in [-0.2, -0.15) is 0 Å². The summed E-state index contributed by atoms with van der Waals surface area (Å²) in [4.78, 5) is 11.9. The second-order valence-electron chi connectivity index (χ2n) is 5.01. The third kappa shape index (κ3) is 4.84. The molecule has 0 spiro atoms. The molecular weight excluding hydrogens is 341 g/mol. The lowest BCUT2D eigenvalue weighted by Crippen LogP contribution is -2.32. The average molecular weight is 361 g/mol. The zero-order valence-electron chi connectivity index (χ0n) is 11.0. The van der Waals surface area contributed by atoms with Gasteiger partial charge in [-0.3, -0.25) is 4.79 Å². The molecule has 0 radical (unpaired) electrons. The van der Waals surface area contributed by atoms with Crippen molar-refractivity contribution < 1.29 is 9.90 Å². The Hall–Kier alpha value is -0.780. The van der Waals surface area contributed by atoms with Crippen LogP contribution in [0.4, 0.5) is 0 Å². The molecule has 3 nitrogen and oxygen atoms in total. The van der Waals surface area contributed by atoms with Gasteiger partial charge < -0.3 is 10.4 Å². The molecule has 1 aromatic rings. The van der Waals surface area contributed by atoms with Gasteiger partial charge in [-0.1, -0.05) is 13.8 Å². The van der Waals surface area contributed by atoms with Crippen molar-refractivity contribution in [2.24, 2.45) is 5.92 Å². The van der Waals surface area contributed by atoms with Crippen molar-refractivity contribution in [1.82, 2.24) is 5.32 Å². The summed E-state index contributed by atoms with van der Waals surface area (Å²) >= 11 is 2.03. The fourth-order valence-electron chi connectivity index (χ4n) is 1.62. The molecule has 0 heterocycles. The van der Waals surface area contributed by atoms with Gasteiger partial charge in [0.15, 0.2) is 0 Å². The Morgan fingerprint density at radius 2 is 2.00 bits per heavy atom. The van der Waals surface area contributed by atoms with Gasteiger partial charge in [-0.15, -0.1) is 0 Å². The number of carbonyl (C=O) groups is 1. The van der Waals surface area contributed by atoms with E-state index >= 15 is 0 Å². The van der Waals surface area contributed by atoms with Crippen molar-refractivity contribution in [1.29, 1.82) is 0 Å². The molecule has 2 N–H and O–H groups in total. The molecule has 0 saturated carbocycles. The van der Waals surface area contributed by atoms with Crippen molar-refractivity contribution in [3.05, 3.63) is 27.3 Å². The first kappa shape index (κ1) is 15.3. The lowest BCUT2D eigenvalue weighted by Gasteiger charge is -2.15. The average Bonchev–Trinajstić information content (AvgIpc) is 2.30. The number of phenolic OH excluding ortho intramolecular Hbond substituents is 1. The Morgan fingerprint density at radius 3 is 2.56 bits per heavy atom. The van der Waals surface area contributed by atoms with Crippen molar-refractivity contribution in [2.45, 2.75) is 39.7 Å². The van der Waals surface area contributed by atoms with E-state index in [0.29, 0.717) is 11.5 Å². The zero-order valence-corrected chi connectivity index (χ0v) is 13.2. The summed E-state index contributed by atoms with van der Waals surface area (Å²) in [6.45, 7) is 6.35. The van der Waals surface area contributed by atoms with Crippen LogP contribution in [0.15, 0.2) is 18.2 Å². The standard InChI is InChI=1S/C14H20INO2/c1-9(2)4-5-10(3)16-14(18)11-6-7-12(15)13(17)8-11/h6-10,17H,4-5H2,1-3H3,(H,16,18). The molecule has 0 aliphatic carbocycles. The molecule has 1 amide bonds. The highest BCUT2D eigenvalue weighted by Crippen LogP contribution is 2.20. The van der Waals surface area contributed by atoms with Crippen LogP contribution in [-0.4, -0.2) is 17.1 Å². The predicted molar refractivity (Wildman–Crippen MR) is 81.8 cm³/mol. The summed E-state index contributed by atoms with van der Waals surface area (Å²) in [6, 6.07) is 5.13. The lowest BCUT2D eigenvalue weighted by molar-refractivity contribution is 0.0937. The summed E-state index contributed by atoms with van der Waals surface area (Å²) in [5, 5.41) is 12.5. The van der Waals surface area contributed by atoms with Crippen LogP contribution in [0.25, 0.3) is 0 Å². The van der Waals surface area contributed by atoms with E-state index in [0.717, 1.165) is 16.4 Å². The molecule has 1 rings (SSSR count). The SMILES string of the molecule is CC(C)CCC(C)NC(=O)c1ccc(I)c(O)c1. The van der Waals surface area contributed by atoms with E-state index in [4.69, 9.17) is 0 Å². The summed E-state index contributed by atoms with van der Waals surface area (Å²) in [6.07, 6.45) is 2.07. The minimum Gasteiger partial charge on any atom is -0.507 e. The zero-order chi connectivity index (χ0) is 13.7. The van der Waals surface area contributed by atoms with Crippen LogP contribution in [0.1, 0.15) is 44.0 Å². The van der Waals surface area contributed by atoms with Crippen molar-refractivity contribution >= 4 is 28.5 Å². The fraction of sp³-hybridized carbons (Fsp3) is 0.500. The van der Waals surface area contributed by atoms with E-state index < -0.39 is 0 Å². The number of phenols is 1. The molecule has 0 aromatic heterocycles. The van der Waals surface area contributed by atoms with E-state index in [1.807, 2.05) is 29.5 Å². The first-order valence-electron chi connectivity index (χ1n) is 6.19. The minimum atomic E-state index is -0.127. The molecule has 0 fully saturated rings. The van der Waals surface area contributed by atoms with Crippen LogP contribution < -0.4 is 5.32 Å². The maximum absolute atomic E-state index is 11.9. The number of carbonyl (C=O) groups excluding carboxylic acids is 1. The first-order valence-corrected chi connectivity index (χ1v) is 7.27. The van der Waals surface area contributed by atoms with Gasteiger partial charge in [-0.25, -0.2) is 0 Å². The molecule has 100 valence electrons. The molecule has 1 unspecified atom stereocenters. The largest absolute Gasteiger partial charge is 0.507 e. The van der Waals surface area contributed by atoms with Gasteiger partial charge in [0, 0.05) is 11.6 Å². The second-order valence-corrected chi connectivity index (χ2v) is 6.17. The van der Waals surface area contributed by atoms with Gasteiger partial charge in [0.1, 0.15) is 5.75 Å². The first-order chi connectivity index (χ1) is 8.40. The fourth-order valence-corrected chi connectivity index (χ4v) is 1.95. The van der Waals surface area contributed by atoms with Gasteiger partial charge in [0.2, 0.25) is 0 Å². The summed E-state index contributed by atoms with van der Waals surface area (Å²) < 4.78 is 0.747. The van der Waals surface area contributed by atoms with Crippen LogP contribution in [0.3, 0.4) is 0 Å². The predicted octanol–water partition coefficient (Wildman–Crippen LogP) is 3.55. The van der Waals surface area contributed by atoms with Crippen molar-refractivity contribution in [3.8, 4) is 5.75 Å². The molecule has 0 aliphatic heterocycles. The number of benzene rings is 1. The lowest BCUT2D eigenvalue weighted by atomic mass is 10.0. The number of aromatic hydroxyl groups is 1. The topological polar surface area (TPSA) is 49.3 Å². The van der Waals surface area contributed by atoms with Crippen LogP contribution in [0, 0.1) is 9.49 Å². The number of nitrogens with one attached hydrogen (secondary N) is 1. The highest BCUT2D eigenvalue weighted by molar-refractivity contribution is 14.1. The van der Waals surface area contributed by atoms with Gasteiger partial charge in [-0.05, 0) is 66.5 Å². The van der Waals surface area contributed by atoms with Crippen LogP contribution in [0.2, 0.25) is 0 Å². The van der Waals surface area contributed by atoms with E-state index in [1.54, 1.807) is 12.1 Å². The Morgan fingerprint density at radius 1 is 1.33 bits per heavy atom. The Bertz CT molecular complexity index is 418. The molecule has 1 aromatic carbocycles. The monoisotopic (exact) mass is 361 g/mol. The molecular formula is C14H20INO2. The number of hydrogen-bond donors (Lipinski definition) is 2. The van der Waals surface area contributed by atoms with E-state index in [1.165, 1.54) is 6.07 Å². The maximum Gasteiger partial charge on any atom is 0.251 e. The Balaban J connectivity index is 2.56. The van der Waals surface area contributed by atoms with Crippen LogP contribution >= 0.6 is 22.6 Å². The number of hydrogen-bond acceptors (Lipinski definition) is 2. The minimum absolute atomic E-state index is 0.127. The highest BCUT2D eigenvalue weighted by atomic mass is 127. The maximum atomic E-state index is 11.9. The van der Waals surface area contributed by atoms with Crippen molar-refractivity contribution in [2.75, 3.05) is 0 Å². The summed E-state index contributed by atoms with van der Waals surface area (Å²) in [5.74, 6) is 0.669. The highest BCUT2D eigenvalue weighted by Gasteiger charge is 2.11. The molecule has 1 atom stereocenters. The van der Waals surface area contributed by atoms with Gasteiger partial charge in [0.25, 0.3) is 5.91 Å². The third-order valence-corrected chi connectivity index (χ3v) is 3.68. The molecule has 4 heteroatoms. The Kier molecular flexibility index (Phi) is 5.91. The second kappa shape index (κ2) is 6.97. The molecule has 0 aliphatic rings. The van der Waals surface area contributed by atoms with Gasteiger partial charge in [0.05, 0.1) is 3.57 Å². The third-order valence-electron chi connectivity index (χ3n) is 2.76. The van der Waals surface area contributed by atoms with E-state index in [2.05, 4.69) is 19.2 Å². The number of rotatable bonds is 5. The summed E-state index contributed by atoms with van der Waals surface area (Å²) in [5.41, 5.74) is 0.504. The number of amides is 1. The van der Waals surface area contributed by atoms with Crippen LogP contribution in [0.5, 0.6) is 5.75 Å². The van der Waals surface area contributed by atoms with Gasteiger partial charge >= 0.3 is 0 Å². The quantitative estimate of drug-likeness (QED) is 0.788. The molecule has 18 heavy (non-hydrogen) atoms. The summed E-state index contributed by atoms with van der Waals surface area (Å²) in [7, 11) is 0. The molecule has 0 bridgehead atoms. The van der Waals surface area contributed by atoms with Crippen molar-refractivity contribution in [3.63, 3.8) is 0 Å². The normalized spacial score (nSPS) is 12.5. The van der Waals surface area contributed by atoms with Crippen LogP contribution in [-0.2, 0) is 0 Å². The van der Waals surface area contributed by atoms with E-state index in [9.17, 15) is 9.90 Å². The smallest absolute Gasteiger partial charge is 0.251 e. The Labute approximate surface area is 122 Å². The number of halogens is 1.